The average Bonchev–Trinajstić information content (AvgIpc) is 2.90. The molecule has 0 aliphatic rings. The fraction of sp³-hybridized carbons (Fsp3) is 0.107. The summed E-state index contributed by atoms with van der Waals surface area (Å²) >= 11 is 0. The minimum Gasteiger partial charge on any atom is -0.497 e. The third kappa shape index (κ3) is 6.03. The number of rotatable bonds is 9. The van der Waals surface area contributed by atoms with Crippen molar-refractivity contribution in [2.45, 2.75) is 11.3 Å². The van der Waals surface area contributed by atoms with Crippen LogP contribution in [0.2, 0.25) is 0 Å². The molecule has 4 aromatic rings. The van der Waals surface area contributed by atoms with Crippen molar-refractivity contribution >= 4 is 27.3 Å². The van der Waals surface area contributed by atoms with E-state index < -0.39 is 10.0 Å². The van der Waals surface area contributed by atoms with Crippen molar-refractivity contribution in [1.29, 1.82) is 0 Å². The SMILES string of the molecule is COc1ccc(NS(=O)(=O)c2ccc(NC(=O)Cc3ccc(-c4ccccc4)cc3)cc2)c(OC)c1. The first-order valence-electron chi connectivity index (χ1n) is 11.2. The molecular weight excluding hydrogens is 476 g/mol. The molecule has 4 rings (SSSR count). The highest BCUT2D eigenvalue weighted by Gasteiger charge is 2.17. The summed E-state index contributed by atoms with van der Waals surface area (Å²) in [6, 6.07) is 28.6. The molecule has 0 aliphatic heterocycles. The predicted octanol–water partition coefficient (Wildman–Crippen LogP) is 5.35. The van der Waals surface area contributed by atoms with E-state index in [1.54, 1.807) is 30.3 Å². The number of carbonyl (C=O) groups is 1. The van der Waals surface area contributed by atoms with Crippen LogP contribution in [0.3, 0.4) is 0 Å². The Balaban J connectivity index is 1.38. The third-order valence-corrected chi connectivity index (χ3v) is 6.91. The molecular formula is C28H26N2O5S. The van der Waals surface area contributed by atoms with Crippen molar-refractivity contribution in [1.82, 2.24) is 0 Å². The number of benzene rings is 4. The van der Waals surface area contributed by atoms with Gasteiger partial charge in [0.05, 0.1) is 31.2 Å². The molecule has 4 aromatic carbocycles. The zero-order valence-electron chi connectivity index (χ0n) is 19.9. The van der Waals surface area contributed by atoms with Crippen LogP contribution in [0.1, 0.15) is 5.56 Å². The van der Waals surface area contributed by atoms with Crippen molar-refractivity contribution < 1.29 is 22.7 Å². The molecule has 0 bridgehead atoms. The van der Waals surface area contributed by atoms with Gasteiger partial charge in [-0.2, -0.15) is 0 Å². The molecule has 1 amide bonds. The number of ether oxygens (including phenoxy) is 2. The Morgan fingerprint density at radius 1 is 0.778 bits per heavy atom. The summed E-state index contributed by atoms with van der Waals surface area (Å²) in [5, 5.41) is 2.81. The molecule has 0 unspecified atom stereocenters. The molecule has 8 heteroatoms. The normalized spacial score (nSPS) is 10.9. The van der Waals surface area contributed by atoms with Crippen LogP contribution < -0.4 is 19.5 Å². The number of amides is 1. The van der Waals surface area contributed by atoms with Gasteiger partial charge in [0.1, 0.15) is 11.5 Å². The molecule has 0 saturated carbocycles. The Bertz CT molecular complexity index is 1440. The molecule has 0 aliphatic carbocycles. The summed E-state index contributed by atoms with van der Waals surface area (Å²) in [5.74, 6) is 0.680. The predicted molar refractivity (Wildman–Crippen MR) is 141 cm³/mol. The standard InChI is InChI=1S/C28H26N2O5S/c1-34-24-14-17-26(27(19-24)35-2)30-36(32,33)25-15-12-23(13-16-25)29-28(31)18-20-8-10-22(11-9-20)21-6-4-3-5-7-21/h3-17,19,30H,18H2,1-2H3,(H,29,31). The molecule has 36 heavy (non-hydrogen) atoms. The minimum atomic E-state index is -3.87. The van der Waals surface area contributed by atoms with Crippen LogP contribution in [0.5, 0.6) is 11.5 Å². The first kappa shape index (κ1) is 24.8. The van der Waals surface area contributed by atoms with Crippen molar-refractivity contribution in [2.24, 2.45) is 0 Å². The zero-order chi connectivity index (χ0) is 25.5. The van der Waals surface area contributed by atoms with Crippen LogP contribution in [0.4, 0.5) is 11.4 Å². The van der Waals surface area contributed by atoms with E-state index in [0.717, 1.165) is 16.7 Å². The number of nitrogens with one attached hydrogen (secondary N) is 2. The van der Waals surface area contributed by atoms with Crippen LogP contribution in [-0.2, 0) is 21.2 Å². The van der Waals surface area contributed by atoms with E-state index in [1.165, 1.54) is 26.4 Å². The smallest absolute Gasteiger partial charge is 0.262 e. The molecule has 0 fully saturated rings. The summed E-state index contributed by atoms with van der Waals surface area (Å²) in [7, 11) is -0.909. The fourth-order valence-electron chi connectivity index (χ4n) is 3.64. The van der Waals surface area contributed by atoms with E-state index in [-0.39, 0.29) is 22.9 Å². The number of hydrogen-bond donors (Lipinski definition) is 2. The van der Waals surface area contributed by atoms with Crippen molar-refractivity contribution in [3.8, 4) is 22.6 Å². The van der Waals surface area contributed by atoms with Crippen LogP contribution in [-0.4, -0.2) is 28.5 Å². The number of carbonyl (C=O) groups excluding carboxylic acids is 1. The summed E-state index contributed by atoms with van der Waals surface area (Å²) in [6.45, 7) is 0. The third-order valence-electron chi connectivity index (χ3n) is 5.53. The highest BCUT2D eigenvalue weighted by Crippen LogP contribution is 2.31. The Hall–Kier alpha value is -4.30. The van der Waals surface area contributed by atoms with E-state index in [9.17, 15) is 13.2 Å². The van der Waals surface area contributed by atoms with Gasteiger partial charge in [0.15, 0.2) is 0 Å². The summed E-state index contributed by atoms with van der Waals surface area (Å²) in [5.41, 5.74) is 3.86. The molecule has 0 spiro atoms. The van der Waals surface area contributed by atoms with Gasteiger partial charge in [0.2, 0.25) is 5.91 Å². The van der Waals surface area contributed by atoms with Crippen LogP contribution >= 0.6 is 0 Å². The maximum Gasteiger partial charge on any atom is 0.262 e. The van der Waals surface area contributed by atoms with Gasteiger partial charge in [0, 0.05) is 11.8 Å². The van der Waals surface area contributed by atoms with E-state index >= 15 is 0 Å². The zero-order valence-corrected chi connectivity index (χ0v) is 20.7. The Morgan fingerprint density at radius 2 is 1.44 bits per heavy atom. The van der Waals surface area contributed by atoms with Gasteiger partial charge in [-0.15, -0.1) is 0 Å². The first-order valence-corrected chi connectivity index (χ1v) is 12.7. The Morgan fingerprint density at radius 3 is 2.08 bits per heavy atom. The molecule has 7 nitrogen and oxygen atoms in total. The van der Waals surface area contributed by atoms with Crippen molar-refractivity contribution in [2.75, 3.05) is 24.3 Å². The van der Waals surface area contributed by atoms with E-state index in [2.05, 4.69) is 10.0 Å². The number of methoxy groups -OCH3 is 2. The molecule has 184 valence electrons. The summed E-state index contributed by atoms with van der Waals surface area (Å²) in [4.78, 5) is 12.6. The second-order valence-electron chi connectivity index (χ2n) is 7.98. The lowest BCUT2D eigenvalue weighted by molar-refractivity contribution is -0.115. The number of anilines is 2. The summed E-state index contributed by atoms with van der Waals surface area (Å²) < 4.78 is 38.6. The van der Waals surface area contributed by atoms with Gasteiger partial charge in [-0.1, -0.05) is 54.6 Å². The van der Waals surface area contributed by atoms with Crippen LogP contribution in [0, 0.1) is 0 Å². The van der Waals surface area contributed by atoms with Crippen LogP contribution in [0.25, 0.3) is 11.1 Å². The number of sulfonamides is 1. The lowest BCUT2D eigenvalue weighted by Gasteiger charge is -2.13. The molecule has 0 saturated heterocycles. The molecule has 0 radical (unpaired) electrons. The van der Waals surface area contributed by atoms with Gasteiger partial charge >= 0.3 is 0 Å². The lowest BCUT2D eigenvalue weighted by atomic mass is 10.0. The fourth-order valence-corrected chi connectivity index (χ4v) is 4.71. The number of hydrogen-bond acceptors (Lipinski definition) is 5. The van der Waals surface area contributed by atoms with Gasteiger partial charge in [0.25, 0.3) is 10.0 Å². The molecule has 0 heterocycles. The monoisotopic (exact) mass is 502 g/mol. The lowest BCUT2D eigenvalue weighted by Crippen LogP contribution is -2.15. The molecule has 0 aromatic heterocycles. The highest BCUT2D eigenvalue weighted by molar-refractivity contribution is 7.92. The molecule has 0 atom stereocenters. The Labute approximate surface area is 210 Å². The maximum absolute atomic E-state index is 12.8. The van der Waals surface area contributed by atoms with Crippen molar-refractivity contribution in [3.63, 3.8) is 0 Å². The highest BCUT2D eigenvalue weighted by atomic mass is 32.2. The topological polar surface area (TPSA) is 93.7 Å². The van der Waals surface area contributed by atoms with Gasteiger partial charge < -0.3 is 14.8 Å². The average molecular weight is 503 g/mol. The van der Waals surface area contributed by atoms with E-state index in [4.69, 9.17) is 9.47 Å². The first-order chi connectivity index (χ1) is 17.4. The van der Waals surface area contributed by atoms with E-state index in [0.29, 0.717) is 17.2 Å². The quantitative estimate of drug-likeness (QED) is 0.322. The largest absolute Gasteiger partial charge is 0.497 e. The van der Waals surface area contributed by atoms with Gasteiger partial charge in [-0.05, 0) is 53.1 Å². The maximum atomic E-state index is 12.8. The Kier molecular flexibility index (Phi) is 7.56. The van der Waals surface area contributed by atoms with Crippen LogP contribution in [0.15, 0.2) is 102 Å². The van der Waals surface area contributed by atoms with Gasteiger partial charge in [-0.3, -0.25) is 9.52 Å². The molecule has 2 N–H and O–H groups in total. The summed E-state index contributed by atoms with van der Waals surface area (Å²) in [6.07, 6.45) is 0.202. The minimum absolute atomic E-state index is 0.0508. The second kappa shape index (κ2) is 11.0. The van der Waals surface area contributed by atoms with Crippen molar-refractivity contribution in [3.05, 3.63) is 103 Å². The second-order valence-corrected chi connectivity index (χ2v) is 9.67. The van der Waals surface area contributed by atoms with Gasteiger partial charge in [-0.25, -0.2) is 8.42 Å². The van der Waals surface area contributed by atoms with E-state index in [1.807, 2.05) is 54.6 Å².